The first-order valence-electron chi connectivity index (χ1n) is 8.99. The topological polar surface area (TPSA) is 91.4 Å². The predicted molar refractivity (Wildman–Crippen MR) is 101 cm³/mol. The van der Waals surface area contributed by atoms with Crippen LogP contribution in [-0.2, 0) is 16.0 Å². The number of nitrogens with zero attached hydrogens (tertiary/aromatic N) is 2. The minimum atomic E-state index is -0.325. The van der Waals surface area contributed by atoms with Crippen molar-refractivity contribution in [3.05, 3.63) is 59.9 Å². The lowest BCUT2D eigenvalue weighted by Crippen LogP contribution is -2.37. The Morgan fingerprint density at radius 2 is 1.89 bits per heavy atom. The summed E-state index contributed by atoms with van der Waals surface area (Å²) in [7, 11) is 0. The molecule has 0 atom stereocenters. The zero-order valence-corrected chi connectivity index (χ0v) is 15.0. The van der Waals surface area contributed by atoms with Crippen molar-refractivity contribution in [1.82, 2.24) is 15.6 Å². The van der Waals surface area contributed by atoms with Crippen LogP contribution in [0.1, 0.15) is 28.9 Å². The second kappa shape index (κ2) is 8.93. The molecule has 0 unspecified atom stereocenters. The number of anilines is 1. The lowest BCUT2D eigenvalue weighted by atomic mass is 10.2. The lowest BCUT2D eigenvalue weighted by Gasteiger charge is -2.15. The van der Waals surface area contributed by atoms with E-state index in [2.05, 4.69) is 15.6 Å². The van der Waals surface area contributed by atoms with Gasteiger partial charge < -0.3 is 15.5 Å². The Morgan fingerprint density at radius 3 is 2.56 bits per heavy atom. The van der Waals surface area contributed by atoms with Gasteiger partial charge in [-0.25, -0.2) is 0 Å². The number of amides is 3. The maximum Gasteiger partial charge on any atom is 0.251 e. The first kappa shape index (κ1) is 18.6. The summed E-state index contributed by atoms with van der Waals surface area (Å²) in [5, 5.41) is 5.35. The number of rotatable bonds is 7. The van der Waals surface area contributed by atoms with E-state index in [9.17, 15) is 14.4 Å². The molecule has 0 bridgehead atoms. The van der Waals surface area contributed by atoms with E-state index in [4.69, 9.17) is 0 Å². The lowest BCUT2D eigenvalue weighted by molar-refractivity contribution is -0.120. The van der Waals surface area contributed by atoms with Crippen molar-refractivity contribution in [3.63, 3.8) is 0 Å². The SMILES string of the molecule is O=C(CNC(=O)c1ccc(N2CCCC2=O)cc1)NCCc1ccccn1. The summed E-state index contributed by atoms with van der Waals surface area (Å²) in [6, 6.07) is 12.5. The van der Waals surface area contributed by atoms with Crippen LogP contribution in [0.15, 0.2) is 48.7 Å². The number of benzene rings is 1. The van der Waals surface area contributed by atoms with Crippen LogP contribution in [0.5, 0.6) is 0 Å². The largest absolute Gasteiger partial charge is 0.354 e. The molecule has 1 aromatic heterocycles. The van der Waals surface area contributed by atoms with Crippen LogP contribution in [0.4, 0.5) is 5.69 Å². The average Bonchev–Trinajstić information content (AvgIpc) is 3.13. The number of hydrogen-bond acceptors (Lipinski definition) is 4. The normalized spacial score (nSPS) is 13.5. The van der Waals surface area contributed by atoms with E-state index >= 15 is 0 Å². The molecule has 0 aliphatic carbocycles. The van der Waals surface area contributed by atoms with Gasteiger partial charge in [0.15, 0.2) is 0 Å². The highest BCUT2D eigenvalue weighted by atomic mass is 16.2. The molecule has 1 aliphatic heterocycles. The van der Waals surface area contributed by atoms with Crippen LogP contribution in [-0.4, -0.2) is 42.3 Å². The Hall–Kier alpha value is -3.22. The molecule has 140 valence electrons. The van der Waals surface area contributed by atoms with Crippen LogP contribution in [0.3, 0.4) is 0 Å². The highest BCUT2D eigenvalue weighted by molar-refractivity contribution is 5.98. The second-order valence-electron chi connectivity index (χ2n) is 6.30. The van der Waals surface area contributed by atoms with Crippen molar-refractivity contribution in [2.45, 2.75) is 19.3 Å². The molecule has 3 amide bonds. The van der Waals surface area contributed by atoms with Gasteiger partial charge >= 0.3 is 0 Å². The van der Waals surface area contributed by atoms with Crippen LogP contribution >= 0.6 is 0 Å². The quantitative estimate of drug-likeness (QED) is 0.773. The first-order chi connectivity index (χ1) is 13.1. The summed E-state index contributed by atoms with van der Waals surface area (Å²) in [4.78, 5) is 41.7. The average molecular weight is 366 g/mol. The van der Waals surface area contributed by atoms with E-state index < -0.39 is 0 Å². The van der Waals surface area contributed by atoms with Gasteiger partial charge in [0.1, 0.15) is 0 Å². The van der Waals surface area contributed by atoms with Crippen molar-refractivity contribution in [1.29, 1.82) is 0 Å². The van der Waals surface area contributed by atoms with Crippen molar-refractivity contribution < 1.29 is 14.4 Å². The third-order valence-corrected chi connectivity index (χ3v) is 4.35. The van der Waals surface area contributed by atoms with Gasteiger partial charge in [0.25, 0.3) is 5.91 Å². The predicted octanol–water partition coefficient (Wildman–Crippen LogP) is 1.30. The Bertz CT molecular complexity index is 806. The van der Waals surface area contributed by atoms with Crippen LogP contribution in [0.2, 0.25) is 0 Å². The highest BCUT2D eigenvalue weighted by Crippen LogP contribution is 2.21. The highest BCUT2D eigenvalue weighted by Gasteiger charge is 2.21. The summed E-state index contributed by atoms with van der Waals surface area (Å²) >= 11 is 0. The zero-order chi connectivity index (χ0) is 19.1. The molecule has 0 saturated carbocycles. The van der Waals surface area contributed by atoms with Gasteiger partial charge in [0.05, 0.1) is 6.54 Å². The van der Waals surface area contributed by atoms with E-state index in [1.165, 1.54) is 0 Å². The fourth-order valence-corrected chi connectivity index (χ4v) is 2.92. The fourth-order valence-electron chi connectivity index (χ4n) is 2.92. The maximum absolute atomic E-state index is 12.2. The molecule has 2 heterocycles. The zero-order valence-electron chi connectivity index (χ0n) is 15.0. The summed E-state index contributed by atoms with van der Waals surface area (Å²) in [6.07, 6.45) is 3.77. The molecule has 0 spiro atoms. The van der Waals surface area contributed by atoms with Crippen molar-refractivity contribution in [3.8, 4) is 0 Å². The first-order valence-corrected chi connectivity index (χ1v) is 8.99. The molecule has 27 heavy (non-hydrogen) atoms. The molecule has 1 aliphatic rings. The Balaban J connectivity index is 1.42. The Morgan fingerprint density at radius 1 is 1.07 bits per heavy atom. The van der Waals surface area contributed by atoms with E-state index in [1.54, 1.807) is 35.4 Å². The molecule has 2 N–H and O–H groups in total. The molecule has 0 radical (unpaired) electrons. The van der Waals surface area contributed by atoms with E-state index in [-0.39, 0.29) is 24.3 Å². The monoisotopic (exact) mass is 366 g/mol. The van der Waals surface area contributed by atoms with Crippen molar-refractivity contribution in [2.24, 2.45) is 0 Å². The minimum absolute atomic E-state index is 0.0899. The molecule has 7 heteroatoms. The third-order valence-electron chi connectivity index (χ3n) is 4.35. The number of carbonyl (C=O) groups is 3. The van der Waals surface area contributed by atoms with Gasteiger partial charge in [0, 0.05) is 49.1 Å². The number of nitrogens with one attached hydrogen (secondary N) is 2. The van der Waals surface area contributed by atoms with Gasteiger partial charge in [-0.2, -0.15) is 0 Å². The van der Waals surface area contributed by atoms with Crippen molar-refractivity contribution >= 4 is 23.4 Å². The van der Waals surface area contributed by atoms with Gasteiger partial charge in [-0.3, -0.25) is 19.4 Å². The summed E-state index contributed by atoms with van der Waals surface area (Å²) in [6.45, 7) is 1.08. The minimum Gasteiger partial charge on any atom is -0.354 e. The third kappa shape index (κ3) is 5.13. The van der Waals surface area contributed by atoms with Crippen LogP contribution < -0.4 is 15.5 Å². The van der Waals surface area contributed by atoms with E-state index in [0.29, 0.717) is 31.5 Å². The number of pyridine rings is 1. The van der Waals surface area contributed by atoms with Gasteiger partial charge in [-0.1, -0.05) is 6.07 Å². The smallest absolute Gasteiger partial charge is 0.251 e. The summed E-state index contributed by atoms with van der Waals surface area (Å²) < 4.78 is 0. The molecule has 1 aromatic carbocycles. The molecular formula is C20H22N4O3. The number of aromatic nitrogens is 1. The molecule has 1 fully saturated rings. The van der Waals surface area contributed by atoms with Gasteiger partial charge in [-0.05, 0) is 42.8 Å². The van der Waals surface area contributed by atoms with Crippen molar-refractivity contribution in [2.75, 3.05) is 24.5 Å². The molecular weight excluding hydrogens is 344 g/mol. The van der Waals surface area contributed by atoms with E-state index in [0.717, 1.165) is 17.8 Å². The Labute approximate surface area is 157 Å². The van der Waals surface area contributed by atoms with Gasteiger partial charge in [-0.15, -0.1) is 0 Å². The van der Waals surface area contributed by atoms with Crippen LogP contribution in [0.25, 0.3) is 0 Å². The van der Waals surface area contributed by atoms with E-state index in [1.807, 2.05) is 18.2 Å². The molecule has 1 saturated heterocycles. The standard InChI is InChI=1S/C20H22N4O3/c25-18(22-12-10-16-4-1-2-11-21-16)14-23-20(27)15-6-8-17(9-7-15)24-13-3-5-19(24)26/h1-2,4,6-9,11H,3,5,10,12-14H2,(H,22,25)(H,23,27). The van der Waals surface area contributed by atoms with Crippen LogP contribution in [0, 0.1) is 0 Å². The maximum atomic E-state index is 12.2. The summed E-state index contributed by atoms with van der Waals surface area (Å²) in [5.74, 6) is -0.470. The molecule has 2 aromatic rings. The number of carbonyl (C=O) groups excluding carboxylic acids is 3. The second-order valence-corrected chi connectivity index (χ2v) is 6.30. The molecule has 7 nitrogen and oxygen atoms in total. The Kier molecular flexibility index (Phi) is 6.14. The van der Waals surface area contributed by atoms with Gasteiger partial charge in [0.2, 0.25) is 11.8 Å². The fraction of sp³-hybridized carbons (Fsp3) is 0.300. The summed E-state index contributed by atoms with van der Waals surface area (Å²) in [5.41, 5.74) is 2.14. The number of hydrogen-bond donors (Lipinski definition) is 2. The molecule has 3 rings (SSSR count).